The van der Waals surface area contributed by atoms with Gasteiger partial charge in [0, 0.05) is 35.9 Å². The van der Waals surface area contributed by atoms with Crippen LogP contribution in [0.2, 0.25) is 0 Å². The molecule has 2 fully saturated rings. The average Bonchev–Trinajstić information content (AvgIpc) is 2.10. The first-order valence-corrected chi connectivity index (χ1v) is 5.71. The molecule has 0 aliphatic carbocycles. The third kappa shape index (κ3) is 1.45. The maximum absolute atomic E-state index is 5.98. The summed E-state index contributed by atoms with van der Waals surface area (Å²) < 4.78 is 5.19. The lowest BCUT2D eigenvalue weighted by Crippen LogP contribution is -2.58. The molecule has 2 saturated heterocycles. The van der Waals surface area contributed by atoms with E-state index in [-0.39, 0.29) is 0 Å². The fourth-order valence-electron chi connectivity index (χ4n) is 2.50. The monoisotopic (exact) mass is 219 g/mol. The Bertz CT molecular complexity index is 377. The summed E-state index contributed by atoms with van der Waals surface area (Å²) in [7, 11) is 0. The zero-order valence-electron chi connectivity index (χ0n) is 9.23. The van der Waals surface area contributed by atoms with Crippen molar-refractivity contribution in [2.45, 2.75) is 12.0 Å². The van der Waals surface area contributed by atoms with Crippen LogP contribution in [0.3, 0.4) is 0 Å². The Kier molecular flexibility index (Phi) is 2.26. The number of nitrogen functional groups attached to an aromatic ring is 2. The Morgan fingerprint density at radius 1 is 1.12 bits per heavy atom. The Labute approximate surface area is 95.2 Å². The van der Waals surface area contributed by atoms with Gasteiger partial charge in [-0.15, -0.1) is 0 Å². The van der Waals surface area contributed by atoms with Gasteiger partial charge in [0.2, 0.25) is 0 Å². The minimum atomic E-state index is 0.502. The smallest absolute Gasteiger partial charge is 0.0645 e. The van der Waals surface area contributed by atoms with Gasteiger partial charge in [-0.25, -0.2) is 0 Å². The normalized spacial score (nSPS) is 22.8. The number of rotatable bonds is 2. The Balaban J connectivity index is 1.71. The highest BCUT2D eigenvalue weighted by atomic mass is 16.5. The van der Waals surface area contributed by atoms with Crippen LogP contribution in [0.4, 0.5) is 11.4 Å². The topological polar surface area (TPSA) is 64.5 Å². The molecule has 0 aromatic heterocycles. The van der Waals surface area contributed by atoms with Crippen LogP contribution in [0.25, 0.3) is 0 Å². The van der Waals surface area contributed by atoms with Gasteiger partial charge < -0.3 is 16.2 Å². The molecule has 0 atom stereocenters. The first-order valence-electron chi connectivity index (χ1n) is 5.71. The van der Waals surface area contributed by atoms with Gasteiger partial charge in [0.25, 0.3) is 0 Å². The molecule has 1 aromatic rings. The van der Waals surface area contributed by atoms with Crippen molar-refractivity contribution >= 4 is 11.4 Å². The molecule has 0 spiro atoms. The number of nitrogens with zero attached hydrogens (tertiary/aromatic N) is 1. The first-order chi connectivity index (χ1) is 7.75. The van der Waals surface area contributed by atoms with E-state index < -0.39 is 0 Å². The summed E-state index contributed by atoms with van der Waals surface area (Å²) in [4.78, 5) is 2.44. The van der Waals surface area contributed by atoms with Crippen molar-refractivity contribution < 1.29 is 4.74 Å². The second kappa shape index (κ2) is 3.64. The van der Waals surface area contributed by atoms with Crippen molar-refractivity contribution in [2.75, 3.05) is 37.8 Å². The molecule has 0 saturated carbocycles. The molecule has 16 heavy (non-hydrogen) atoms. The van der Waals surface area contributed by atoms with Gasteiger partial charge in [0.15, 0.2) is 0 Å². The first kappa shape index (κ1) is 9.93. The van der Waals surface area contributed by atoms with Crippen LogP contribution < -0.4 is 11.5 Å². The number of hydrogen-bond donors (Lipinski definition) is 2. The minimum absolute atomic E-state index is 0.502. The third-order valence-electron chi connectivity index (χ3n) is 3.63. The lowest BCUT2D eigenvalue weighted by atomic mass is 9.87. The third-order valence-corrected chi connectivity index (χ3v) is 3.63. The summed E-state index contributed by atoms with van der Waals surface area (Å²) in [5.74, 6) is 0.502. The molecule has 0 unspecified atom stereocenters. The predicted octanol–water partition coefficient (Wildman–Crippen LogP) is 0.649. The van der Waals surface area contributed by atoms with Crippen LogP contribution in [0.5, 0.6) is 0 Å². The predicted molar refractivity (Wildman–Crippen MR) is 64.2 cm³/mol. The van der Waals surface area contributed by atoms with Crippen LogP contribution in [0, 0.1) is 0 Å². The van der Waals surface area contributed by atoms with Crippen molar-refractivity contribution in [2.24, 2.45) is 0 Å². The summed E-state index contributed by atoms with van der Waals surface area (Å²) >= 11 is 0. The van der Waals surface area contributed by atoms with E-state index in [9.17, 15) is 0 Å². The standard InChI is InChI=1S/C12H17N3O/c13-10-2-1-3-11(14)12(10)8-4-15(5-8)9-6-16-7-9/h1-3,8-9H,4-7,13-14H2. The average molecular weight is 219 g/mol. The van der Waals surface area contributed by atoms with E-state index in [2.05, 4.69) is 4.90 Å². The van der Waals surface area contributed by atoms with Gasteiger partial charge >= 0.3 is 0 Å². The van der Waals surface area contributed by atoms with Crippen LogP contribution in [-0.4, -0.2) is 37.2 Å². The van der Waals surface area contributed by atoms with E-state index in [0.29, 0.717) is 12.0 Å². The fraction of sp³-hybridized carbons (Fsp3) is 0.500. The summed E-state index contributed by atoms with van der Waals surface area (Å²) in [5, 5.41) is 0. The number of benzene rings is 1. The molecule has 86 valence electrons. The van der Waals surface area contributed by atoms with Gasteiger partial charge in [-0.05, 0) is 12.1 Å². The SMILES string of the molecule is Nc1cccc(N)c1C1CN(C2COC2)C1. The summed E-state index contributed by atoms with van der Waals surface area (Å²) in [6.45, 7) is 3.89. The molecule has 0 amide bonds. The van der Waals surface area contributed by atoms with Gasteiger partial charge in [0.05, 0.1) is 19.3 Å². The Morgan fingerprint density at radius 2 is 1.75 bits per heavy atom. The molecular formula is C12H17N3O. The zero-order valence-corrected chi connectivity index (χ0v) is 9.23. The van der Waals surface area contributed by atoms with Crippen molar-refractivity contribution in [3.63, 3.8) is 0 Å². The van der Waals surface area contributed by atoms with Gasteiger partial charge in [-0.1, -0.05) is 6.07 Å². The van der Waals surface area contributed by atoms with E-state index in [1.165, 1.54) is 0 Å². The van der Waals surface area contributed by atoms with E-state index in [0.717, 1.165) is 43.2 Å². The second-order valence-electron chi connectivity index (χ2n) is 4.69. The van der Waals surface area contributed by atoms with Gasteiger partial charge in [0.1, 0.15) is 0 Å². The summed E-state index contributed by atoms with van der Waals surface area (Å²) in [5.41, 5.74) is 14.7. The Morgan fingerprint density at radius 3 is 2.25 bits per heavy atom. The molecule has 3 rings (SSSR count). The number of hydrogen-bond acceptors (Lipinski definition) is 4. The number of anilines is 2. The van der Waals surface area contributed by atoms with Crippen molar-refractivity contribution in [1.82, 2.24) is 4.90 Å². The van der Waals surface area contributed by atoms with Crippen LogP contribution in [-0.2, 0) is 4.74 Å². The van der Waals surface area contributed by atoms with Crippen LogP contribution in [0.15, 0.2) is 18.2 Å². The fourth-order valence-corrected chi connectivity index (χ4v) is 2.50. The molecule has 4 nitrogen and oxygen atoms in total. The highest BCUT2D eigenvalue weighted by molar-refractivity contribution is 5.63. The molecular weight excluding hydrogens is 202 g/mol. The number of likely N-dealkylation sites (tertiary alicyclic amines) is 1. The van der Waals surface area contributed by atoms with E-state index >= 15 is 0 Å². The van der Waals surface area contributed by atoms with Crippen molar-refractivity contribution in [3.05, 3.63) is 23.8 Å². The number of nitrogens with two attached hydrogens (primary N) is 2. The molecule has 2 aliphatic heterocycles. The lowest BCUT2D eigenvalue weighted by Gasteiger charge is -2.48. The maximum Gasteiger partial charge on any atom is 0.0645 e. The van der Waals surface area contributed by atoms with E-state index in [1.54, 1.807) is 0 Å². The van der Waals surface area contributed by atoms with Crippen LogP contribution in [0.1, 0.15) is 11.5 Å². The van der Waals surface area contributed by atoms with Crippen molar-refractivity contribution in [3.8, 4) is 0 Å². The van der Waals surface area contributed by atoms with Gasteiger partial charge in [-0.3, -0.25) is 4.90 Å². The molecule has 2 aliphatic rings. The summed E-state index contributed by atoms with van der Waals surface area (Å²) in [6.07, 6.45) is 0. The van der Waals surface area contributed by atoms with Crippen molar-refractivity contribution in [1.29, 1.82) is 0 Å². The molecule has 4 N–H and O–H groups in total. The highest BCUT2D eigenvalue weighted by Gasteiger charge is 2.37. The molecule has 0 radical (unpaired) electrons. The molecule has 4 heteroatoms. The molecule has 2 heterocycles. The minimum Gasteiger partial charge on any atom is -0.398 e. The zero-order chi connectivity index (χ0) is 11.1. The summed E-state index contributed by atoms with van der Waals surface area (Å²) in [6, 6.07) is 6.40. The van der Waals surface area contributed by atoms with Gasteiger partial charge in [-0.2, -0.15) is 0 Å². The maximum atomic E-state index is 5.98. The molecule has 1 aromatic carbocycles. The lowest BCUT2D eigenvalue weighted by molar-refractivity contribution is -0.0904. The van der Waals surface area contributed by atoms with Crippen LogP contribution >= 0.6 is 0 Å². The highest BCUT2D eigenvalue weighted by Crippen LogP contribution is 2.36. The number of ether oxygens (including phenoxy) is 1. The quantitative estimate of drug-likeness (QED) is 0.717. The second-order valence-corrected chi connectivity index (χ2v) is 4.69. The largest absolute Gasteiger partial charge is 0.398 e. The van der Waals surface area contributed by atoms with E-state index in [1.807, 2.05) is 18.2 Å². The van der Waals surface area contributed by atoms with E-state index in [4.69, 9.17) is 16.2 Å². The molecule has 0 bridgehead atoms. The Hall–Kier alpha value is -1.26.